The molecule has 0 saturated carbocycles. The van der Waals surface area contributed by atoms with Gasteiger partial charge in [-0.2, -0.15) is 5.26 Å². The SMILES string of the molecule is CCOc1cc(C2C(C#N)=C(N)Oc3cc(OC(=O)c4cc(Cl)c(OCC)c(Cl)c4)ccc32)ccc1OCc1ccc(C)cc1. The quantitative estimate of drug-likeness (QED) is 0.136. The van der Waals surface area contributed by atoms with E-state index in [0.29, 0.717) is 48.4 Å². The first-order valence-corrected chi connectivity index (χ1v) is 15.0. The lowest BCUT2D eigenvalue weighted by atomic mass is 9.83. The first-order valence-electron chi connectivity index (χ1n) is 14.2. The zero-order valence-corrected chi connectivity index (χ0v) is 26.4. The minimum absolute atomic E-state index is 0.0544. The number of ether oxygens (including phenoxy) is 5. The van der Waals surface area contributed by atoms with Crippen LogP contribution in [-0.2, 0) is 6.61 Å². The fourth-order valence-corrected chi connectivity index (χ4v) is 5.50. The molecule has 0 aromatic heterocycles. The highest BCUT2D eigenvalue weighted by molar-refractivity contribution is 6.37. The second-order valence-electron chi connectivity index (χ2n) is 10.1. The predicted molar refractivity (Wildman–Crippen MR) is 171 cm³/mol. The van der Waals surface area contributed by atoms with Crippen molar-refractivity contribution in [3.8, 4) is 34.8 Å². The third-order valence-electron chi connectivity index (χ3n) is 7.04. The monoisotopic (exact) mass is 644 g/mol. The number of carbonyl (C=O) groups excluding carboxylic acids is 1. The normalized spacial score (nSPS) is 13.7. The van der Waals surface area contributed by atoms with E-state index in [9.17, 15) is 10.1 Å². The number of carbonyl (C=O) groups is 1. The van der Waals surface area contributed by atoms with Gasteiger partial charge in [0.15, 0.2) is 17.2 Å². The molecule has 8 nitrogen and oxygen atoms in total. The molecule has 0 bridgehead atoms. The van der Waals surface area contributed by atoms with Crippen molar-refractivity contribution in [2.75, 3.05) is 13.2 Å². The lowest BCUT2D eigenvalue weighted by molar-refractivity contribution is 0.0734. The molecule has 4 aromatic carbocycles. The molecule has 230 valence electrons. The summed E-state index contributed by atoms with van der Waals surface area (Å²) >= 11 is 12.5. The zero-order chi connectivity index (χ0) is 32.1. The smallest absolute Gasteiger partial charge is 0.343 e. The Hall–Kier alpha value is -4.84. The van der Waals surface area contributed by atoms with Gasteiger partial charge in [-0.15, -0.1) is 0 Å². The molecule has 0 radical (unpaired) electrons. The number of rotatable bonds is 10. The number of nitrogens with zero attached hydrogens (tertiary/aromatic N) is 1. The van der Waals surface area contributed by atoms with Gasteiger partial charge in [-0.3, -0.25) is 0 Å². The number of hydrogen-bond acceptors (Lipinski definition) is 8. The predicted octanol–water partition coefficient (Wildman–Crippen LogP) is 8.12. The molecule has 45 heavy (non-hydrogen) atoms. The minimum atomic E-state index is -0.682. The topological polar surface area (TPSA) is 113 Å². The van der Waals surface area contributed by atoms with Crippen molar-refractivity contribution in [2.24, 2.45) is 5.73 Å². The van der Waals surface area contributed by atoms with Gasteiger partial charge < -0.3 is 29.4 Å². The highest BCUT2D eigenvalue weighted by atomic mass is 35.5. The number of nitriles is 1. The van der Waals surface area contributed by atoms with E-state index in [1.54, 1.807) is 25.1 Å². The van der Waals surface area contributed by atoms with E-state index in [2.05, 4.69) is 6.07 Å². The summed E-state index contributed by atoms with van der Waals surface area (Å²) in [6, 6.07) is 23.6. The zero-order valence-electron chi connectivity index (χ0n) is 24.9. The van der Waals surface area contributed by atoms with Gasteiger partial charge in [0.25, 0.3) is 0 Å². The molecule has 1 atom stereocenters. The van der Waals surface area contributed by atoms with Crippen LogP contribution < -0.4 is 29.4 Å². The Labute approximate surface area is 271 Å². The highest BCUT2D eigenvalue weighted by Crippen LogP contribution is 2.45. The van der Waals surface area contributed by atoms with E-state index in [1.807, 2.05) is 56.3 Å². The number of nitrogens with two attached hydrogens (primary N) is 1. The van der Waals surface area contributed by atoms with Crippen molar-refractivity contribution in [1.29, 1.82) is 5.26 Å². The van der Waals surface area contributed by atoms with Gasteiger partial charge in [0.1, 0.15) is 29.7 Å². The van der Waals surface area contributed by atoms with E-state index < -0.39 is 11.9 Å². The highest BCUT2D eigenvalue weighted by Gasteiger charge is 2.32. The number of benzene rings is 4. The Morgan fingerprint density at radius 3 is 2.29 bits per heavy atom. The summed E-state index contributed by atoms with van der Waals surface area (Å²) in [5.41, 5.74) is 10.2. The van der Waals surface area contributed by atoms with Crippen LogP contribution in [0.4, 0.5) is 0 Å². The lowest BCUT2D eigenvalue weighted by Crippen LogP contribution is -2.21. The summed E-state index contributed by atoms with van der Waals surface area (Å²) in [4.78, 5) is 13.0. The van der Waals surface area contributed by atoms with E-state index in [-0.39, 0.29) is 32.8 Å². The molecule has 0 saturated heterocycles. The Bertz CT molecular complexity index is 1790. The van der Waals surface area contributed by atoms with Crippen LogP contribution in [0.25, 0.3) is 0 Å². The summed E-state index contributed by atoms with van der Waals surface area (Å²) in [5.74, 6) is 0.616. The summed E-state index contributed by atoms with van der Waals surface area (Å²) in [5, 5.41) is 10.4. The largest absolute Gasteiger partial charge is 0.491 e. The lowest BCUT2D eigenvalue weighted by Gasteiger charge is -2.27. The summed E-state index contributed by atoms with van der Waals surface area (Å²) in [7, 11) is 0. The average molecular weight is 646 g/mol. The summed E-state index contributed by atoms with van der Waals surface area (Å²) in [6.07, 6.45) is 0. The van der Waals surface area contributed by atoms with Gasteiger partial charge in [0, 0.05) is 11.6 Å². The molecule has 0 fully saturated rings. The van der Waals surface area contributed by atoms with Crippen LogP contribution in [0.3, 0.4) is 0 Å². The van der Waals surface area contributed by atoms with Gasteiger partial charge in [0.05, 0.1) is 34.7 Å². The van der Waals surface area contributed by atoms with Crippen LogP contribution in [0.15, 0.2) is 84.3 Å². The molecule has 0 spiro atoms. The number of hydrogen-bond donors (Lipinski definition) is 1. The Morgan fingerprint density at radius 1 is 0.911 bits per heavy atom. The van der Waals surface area contributed by atoms with Crippen molar-refractivity contribution in [2.45, 2.75) is 33.3 Å². The maximum atomic E-state index is 13.0. The van der Waals surface area contributed by atoms with Crippen molar-refractivity contribution in [3.05, 3.63) is 122 Å². The number of aryl methyl sites for hydroxylation is 1. The third kappa shape index (κ3) is 6.96. The number of allylic oxidation sites excluding steroid dienone is 1. The maximum Gasteiger partial charge on any atom is 0.343 e. The van der Waals surface area contributed by atoms with E-state index >= 15 is 0 Å². The van der Waals surface area contributed by atoms with Gasteiger partial charge in [-0.25, -0.2) is 4.79 Å². The van der Waals surface area contributed by atoms with Gasteiger partial charge in [-0.1, -0.05) is 65.2 Å². The first-order chi connectivity index (χ1) is 21.7. The summed E-state index contributed by atoms with van der Waals surface area (Å²) < 4.78 is 28.9. The van der Waals surface area contributed by atoms with Crippen molar-refractivity contribution < 1.29 is 28.5 Å². The van der Waals surface area contributed by atoms with Gasteiger partial charge in [0.2, 0.25) is 5.88 Å². The molecule has 2 N–H and O–H groups in total. The number of halogens is 2. The standard InChI is InChI=1S/C35H30Cl2N2O6/c1-4-41-31-16-22(10-13-29(31)43-19-21-8-6-20(3)7-9-21)32-25-12-11-24(17-30(25)45-34(39)26(32)18-38)44-35(40)23-14-27(36)33(42-5-2)28(37)15-23/h6-17,32H,4-5,19,39H2,1-3H3. The van der Waals surface area contributed by atoms with Crippen LogP contribution >= 0.6 is 23.2 Å². The molecule has 0 amide bonds. The van der Waals surface area contributed by atoms with Crippen LogP contribution in [0.1, 0.15) is 52.4 Å². The fourth-order valence-electron chi connectivity index (χ4n) is 4.91. The van der Waals surface area contributed by atoms with E-state index in [4.69, 9.17) is 52.6 Å². The molecule has 0 aliphatic carbocycles. The molecule has 1 aliphatic heterocycles. The third-order valence-corrected chi connectivity index (χ3v) is 7.60. The molecular weight excluding hydrogens is 615 g/mol. The second-order valence-corrected chi connectivity index (χ2v) is 10.9. The second kappa shape index (κ2) is 13.9. The van der Waals surface area contributed by atoms with Gasteiger partial charge in [-0.05, 0) is 62.2 Å². The van der Waals surface area contributed by atoms with Crippen molar-refractivity contribution in [1.82, 2.24) is 0 Å². The molecule has 10 heteroatoms. The minimum Gasteiger partial charge on any atom is -0.491 e. The molecular formula is C35H30Cl2N2O6. The van der Waals surface area contributed by atoms with Gasteiger partial charge >= 0.3 is 5.97 Å². The molecule has 5 rings (SSSR count). The molecule has 1 heterocycles. The van der Waals surface area contributed by atoms with Crippen molar-refractivity contribution in [3.63, 3.8) is 0 Å². The maximum absolute atomic E-state index is 13.0. The number of fused-ring (bicyclic) bond motifs is 1. The average Bonchev–Trinajstić information content (AvgIpc) is 3.02. The Morgan fingerprint density at radius 2 is 1.62 bits per heavy atom. The van der Waals surface area contributed by atoms with Crippen LogP contribution in [0, 0.1) is 18.3 Å². The fraction of sp³-hybridized carbons (Fsp3) is 0.200. The van der Waals surface area contributed by atoms with E-state index in [0.717, 1.165) is 11.1 Å². The van der Waals surface area contributed by atoms with Crippen LogP contribution in [0.2, 0.25) is 10.0 Å². The Kier molecular flexibility index (Phi) is 9.72. The van der Waals surface area contributed by atoms with E-state index in [1.165, 1.54) is 17.7 Å². The van der Waals surface area contributed by atoms with Crippen LogP contribution in [-0.4, -0.2) is 19.2 Å². The number of esters is 1. The molecule has 1 unspecified atom stereocenters. The molecule has 4 aromatic rings. The van der Waals surface area contributed by atoms with Crippen LogP contribution in [0.5, 0.6) is 28.7 Å². The molecule has 1 aliphatic rings. The first kappa shape index (κ1) is 31.6. The summed E-state index contributed by atoms with van der Waals surface area (Å²) in [6.45, 7) is 6.86. The Balaban J connectivity index is 1.43. The van der Waals surface area contributed by atoms with Crippen molar-refractivity contribution >= 4 is 29.2 Å².